The summed E-state index contributed by atoms with van der Waals surface area (Å²) in [6.07, 6.45) is -0.314. The fourth-order valence-corrected chi connectivity index (χ4v) is 3.95. The highest BCUT2D eigenvalue weighted by atomic mass is 16.5. The zero-order chi connectivity index (χ0) is 22.0. The van der Waals surface area contributed by atoms with Crippen LogP contribution in [0.3, 0.4) is 0 Å². The first-order valence-corrected chi connectivity index (χ1v) is 9.94. The van der Waals surface area contributed by atoms with E-state index in [1.165, 1.54) is 12.0 Å². The maximum atomic E-state index is 12.6. The van der Waals surface area contributed by atoms with E-state index in [0.717, 1.165) is 5.56 Å². The minimum atomic E-state index is -0.920. The number of hydrogen-bond acceptors (Lipinski definition) is 6. The molecule has 31 heavy (non-hydrogen) atoms. The van der Waals surface area contributed by atoms with Gasteiger partial charge in [-0.25, -0.2) is 4.79 Å². The van der Waals surface area contributed by atoms with Gasteiger partial charge in [0.15, 0.2) is 0 Å². The van der Waals surface area contributed by atoms with Crippen LogP contribution in [0.5, 0.6) is 0 Å². The van der Waals surface area contributed by atoms with Gasteiger partial charge >= 0.3 is 12.1 Å². The Morgan fingerprint density at radius 1 is 1.03 bits per heavy atom. The largest absolute Gasteiger partial charge is 0.469 e. The molecule has 0 saturated heterocycles. The van der Waals surface area contributed by atoms with Crippen LogP contribution < -0.4 is 5.32 Å². The molecule has 0 aromatic heterocycles. The number of benzene rings is 2. The molecule has 8 nitrogen and oxygen atoms in total. The summed E-state index contributed by atoms with van der Waals surface area (Å²) in [5.41, 5.74) is 0.637. The fraction of sp³-hybridized carbons (Fsp3) is 0.304. The van der Waals surface area contributed by atoms with Crippen molar-refractivity contribution in [1.29, 1.82) is 0 Å². The van der Waals surface area contributed by atoms with Crippen LogP contribution in [0, 0.1) is 5.92 Å². The molecule has 1 N–H and O–H groups in total. The van der Waals surface area contributed by atoms with E-state index in [-0.39, 0.29) is 37.3 Å². The Morgan fingerprint density at radius 2 is 1.65 bits per heavy atom. The highest BCUT2D eigenvalue weighted by Gasteiger charge is 2.58. The SMILES string of the molecule is COC(=O)C[C@@]1(NC(=O)OCc2ccccc2)C[C@H]1CN1C(=O)c2ccccc2C1=O. The molecule has 2 atom stereocenters. The Bertz CT molecular complexity index is 1000. The van der Waals surface area contributed by atoms with Gasteiger partial charge in [-0.2, -0.15) is 0 Å². The van der Waals surface area contributed by atoms with E-state index in [4.69, 9.17) is 9.47 Å². The number of nitrogens with one attached hydrogen (secondary N) is 1. The van der Waals surface area contributed by atoms with Gasteiger partial charge in [0.25, 0.3) is 11.8 Å². The predicted molar refractivity (Wildman–Crippen MR) is 109 cm³/mol. The summed E-state index contributed by atoms with van der Waals surface area (Å²) in [5, 5.41) is 2.77. The van der Waals surface area contributed by atoms with Gasteiger partial charge in [-0.05, 0) is 24.1 Å². The standard InChI is InChI=1S/C23H22N2O6/c1-30-19(26)12-23(24-22(29)31-14-15-7-3-2-4-8-15)11-16(23)13-25-20(27)17-9-5-6-10-18(17)21(25)28/h2-10,16H,11-14H2,1H3,(H,24,29)/t16-,23-/m0/s1. The lowest BCUT2D eigenvalue weighted by atomic mass is 10.1. The third-order valence-corrected chi connectivity index (χ3v) is 5.76. The quantitative estimate of drug-likeness (QED) is 0.543. The Labute approximate surface area is 179 Å². The van der Waals surface area contributed by atoms with E-state index in [0.29, 0.717) is 17.5 Å². The summed E-state index contributed by atoms with van der Waals surface area (Å²) in [6, 6.07) is 15.9. The molecule has 2 aliphatic rings. The van der Waals surface area contributed by atoms with Crippen molar-refractivity contribution in [2.24, 2.45) is 5.92 Å². The average Bonchev–Trinajstić information content (AvgIpc) is 3.39. The lowest BCUT2D eigenvalue weighted by Gasteiger charge is -2.20. The van der Waals surface area contributed by atoms with Crippen molar-refractivity contribution in [3.63, 3.8) is 0 Å². The maximum Gasteiger partial charge on any atom is 0.407 e. The van der Waals surface area contributed by atoms with Crippen LogP contribution in [0.1, 0.15) is 39.1 Å². The topological polar surface area (TPSA) is 102 Å². The monoisotopic (exact) mass is 422 g/mol. The van der Waals surface area contributed by atoms with E-state index in [9.17, 15) is 19.2 Å². The van der Waals surface area contributed by atoms with E-state index in [1.807, 2.05) is 30.3 Å². The number of rotatable bonds is 7. The molecule has 1 aliphatic heterocycles. The first-order valence-electron chi connectivity index (χ1n) is 9.94. The van der Waals surface area contributed by atoms with Crippen LogP contribution in [0.2, 0.25) is 0 Å². The van der Waals surface area contributed by atoms with E-state index >= 15 is 0 Å². The molecule has 4 rings (SSSR count). The number of ether oxygens (including phenoxy) is 2. The van der Waals surface area contributed by atoms with Crippen molar-refractivity contribution in [3.8, 4) is 0 Å². The van der Waals surface area contributed by atoms with Gasteiger partial charge in [-0.1, -0.05) is 42.5 Å². The van der Waals surface area contributed by atoms with Crippen LogP contribution in [0.4, 0.5) is 4.79 Å². The van der Waals surface area contributed by atoms with Crippen LogP contribution in [0.25, 0.3) is 0 Å². The number of methoxy groups -OCH3 is 1. The smallest absolute Gasteiger partial charge is 0.407 e. The Hall–Kier alpha value is -3.68. The van der Waals surface area contributed by atoms with E-state index in [2.05, 4.69) is 5.32 Å². The second kappa shape index (κ2) is 8.22. The summed E-state index contributed by atoms with van der Waals surface area (Å²) in [4.78, 5) is 50.8. The van der Waals surface area contributed by atoms with Gasteiger partial charge in [0, 0.05) is 12.5 Å². The fourth-order valence-electron chi connectivity index (χ4n) is 3.95. The lowest BCUT2D eigenvalue weighted by molar-refractivity contribution is -0.141. The van der Waals surface area contributed by atoms with Crippen LogP contribution in [-0.4, -0.2) is 48.0 Å². The van der Waals surface area contributed by atoms with E-state index < -0.39 is 17.6 Å². The number of carbonyl (C=O) groups excluding carboxylic acids is 4. The average molecular weight is 422 g/mol. The number of esters is 1. The van der Waals surface area contributed by atoms with E-state index in [1.54, 1.807) is 24.3 Å². The predicted octanol–water partition coefficient (Wildman–Crippen LogP) is 2.53. The first-order chi connectivity index (χ1) is 14.9. The summed E-state index contributed by atoms with van der Waals surface area (Å²) in [6.45, 7) is 0.187. The minimum absolute atomic E-state index is 0.0717. The summed E-state index contributed by atoms with van der Waals surface area (Å²) >= 11 is 0. The van der Waals surface area contributed by atoms with Crippen LogP contribution >= 0.6 is 0 Å². The van der Waals surface area contributed by atoms with Gasteiger partial charge in [0.1, 0.15) is 6.61 Å². The number of hydrogen-bond donors (Lipinski definition) is 1. The second-order valence-corrected chi connectivity index (χ2v) is 7.76. The zero-order valence-corrected chi connectivity index (χ0v) is 17.0. The highest BCUT2D eigenvalue weighted by molar-refractivity contribution is 6.21. The molecule has 160 valence electrons. The van der Waals surface area contributed by atoms with Crippen LogP contribution in [0.15, 0.2) is 54.6 Å². The third-order valence-electron chi connectivity index (χ3n) is 5.76. The molecular weight excluding hydrogens is 400 g/mol. The maximum absolute atomic E-state index is 12.6. The van der Waals surface area contributed by atoms with Gasteiger partial charge < -0.3 is 14.8 Å². The summed E-state index contributed by atoms with van der Waals surface area (Å²) < 4.78 is 10.1. The van der Waals surface area contributed by atoms with Crippen molar-refractivity contribution in [2.45, 2.75) is 25.0 Å². The van der Waals surface area contributed by atoms with Gasteiger partial charge in [-0.3, -0.25) is 19.3 Å². The van der Waals surface area contributed by atoms with Gasteiger partial charge in [0.05, 0.1) is 30.2 Å². The number of alkyl carbamates (subject to hydrolysis) is 1. The van der Waals surface area contributed by atoms with Crippen molar-refractivity contribution in [2.75, 3.05) is 13.7 Å². The highest BCUT2D eigenvalue weighted by Crippen LogP contribution is 2.47. The molecular formula is C23H22N2O6. The number of fused-ring (bicyclic) bond motifs is 1. The summed E-state index contributed by atoms with van der Waals surface area (Å²) in [5.74, 6) is -1.51. The Morgan fingerprint density at radius 3 is 2.26 bits per heavy atom. The molecule has 0 radical (unpaired) electrons. The molecule has 0 unspecified atom stereocenters. The number of nitrogens with zero attached hydrogens (tertiary/aromatic N) is 1. The lowest BCUT2D eigenvalue weighted by Crippen LogP contribution is -2.43. The minimum Gasteiger partial charge on any atom is -0.469 e. The van der Waals surface area contributed by atoms with Crippen molar-refractivity contribution >= 4 is 23.9 Å². The summed E-state index contributed by atoms with van der Waals surface area (Å²) in [7, 11) is 1.27. The molecule has 2 aromatic carbocycles. The molecule has 0 bridgehead atoms. The molecule has 1 heterocycles. The van der Waals surface area contributed by atoms with Gasteiger partial charge in [-0.15, -0.1) is 0 Å². The number of amides is 3. The molecule has 1 aliphatic carbocycles. The van der Waals surface area contributed by atoms with Gasteiger partial charge in [0.2, 0.25) is 0 Å². The molecule has 1 fully saturated rings. The first kappa shape index (κ1) is 20.6. The van der Waals surface area contributed by atoms with Crippen molar-refractivity contribution < 1.29 is 28.7 Å². The third kappa shape index (κ3) is 4.14. The van der Waals surface area contributed by atoms with Crippen molar-refractivity contribution in [3.05, 3.63) is 71.3 Å². The number of imide groups is 1. The normalized spacial score (nSPS) is 21.5. The molecule has 0 spiro atoms. The Balaban J connectivity index is 1.42. The zero-order valence-electron chi connectivity index (χ0n) is 17.0. The Kier molecular flexibility index (Phi) is 5.46. The molecule has 8 heteroatoms. The molecule has 2 aromatic rings. The molecule has 1 saturated carbocycles. The van der Waals surface area contributed by atoms with Crippen molar-refractivity contribution in [1.82, 2.24) is 10.2 Å². The molecule has 3 amide bonds. The van der Waals surface area contributed by atoms with Crippen LogP contribution in [-0.2, 0) is 20.9 Å². The number of carbonyl (C=O) groups is 4. The second-order valence-electron chi connectivity index (χ2n) is 7.76.